The van der Waals surface area contributed by atoms with E-state index in [2.05, 4.69) is 16.0 Å². The van der Waals surface area contributed by atoms with Crippen molar-refractivity contribution in [2.75, 3.05) is 13.7 Å². The highest BCUT2D eigenvalue weighted by Crippen LogP contribution is 2.30. The van der Waals surface area contributed by atoms with Crippen LogP contribution in [0.4, 0.5) is 4.39 Å². The minimum Gasteiger partial charge on any atom is -0.497 e. The molecule has 34 heavy (non-hydrogen) atoms. The number of hydrazine groups is 1. The first-order valence-corrected chi connectivity index (χ1v) is 10.8. The molecule has 0 saturated carbocycles. The number of hydrogen-bond acceptors (Lipinski definition) is 7. The Morgan fingerprint density at radius 1 is 1.06 bits per heavy atom. The molecule has 4 aromatic rings. The number of benzene rings is 2. The van der Waals surface area contributed by atoms with E-state index in [1.165, 1.54) is 31.4 Å². The van der Waals surface area contributed by atoms with Crippen molar-refractivity contribution in [1.29, 1.82) is 0 Å². The van der Waals surface area contributed by atoms with Gasteiger partial charge in [-0.3, -0.25) is 20.4 Å². The van der Waals surface area contributed by atoms with Crippen LogP contribution >= 0.6 is 11.3 Å². The lowest BCUT2D eigenvalue weighted by Crippen LogP contribution is -2.43. The molecule has 0 saturated heterocycles. The van der Waals surface area contributed by atoms with Crippen molar-refractivity contribution in [3.05, 3.63) is 76.5 Å². The smallest absolute Gasteiger partial charge is 0.348 e. The first kappa shape index (κ1) is 22.9. The zero-order valence-electron chi connectivity index (χ0n) is 18.1. The lowest BCUT2D eigenvalue weighted by molar-refractivity contribution is -0.125. The predicted molar refractivity (Wildman–Crippen MR) is 123 cm³/mol. The summed E-state index contributed by atoms with van der Waals surface area (Å²) >= 11 is 1.14. The van der Waals surface area contributed by atoms with Crippen LogP contribution in [0, 0.1) is 12.7 Å². The maximum atomic E-state index is 13.2. The quantitative estimate of drug-likeness (QED) is 0.323. The highest BCUT2D eigenvalue weighted by atomic mass is 32.1. The van der Waals surface area contributed by atoms with Crippen LogP contribution in [0.3, 0.4) is 0 Å². The van der Waals surface area contributed by atoms with E-state index in [1.54, 1.807) is 41.9 Å². The topological polar surface area (TPSA) is 112 Å². The molecule has 2 N–H and O–H groups in total. The fourth-order valence-corrected chi connectivity index (χ4v) is 4.16. The van der Waals surface area contributed by atoms with Gasteiger partial charge in [-0.25, -0.2) is 13.9 Å². The number of nitrogens with one attached hydrogen (secondary N) is 2. The molecule has 0 aliphatic heterocycles. The molecule has 0 unspecified atom stereocenters. The molecule has 2 aromatic heterocycles. The van der Waals surface area contributed by atoms with Gasteiger partial charge in [0, 0.05) is 10.9 Å². The van der Waals surface area contributed by atoms with Crippen LogP contribution in [0.15, 0.2) is 54.6 Å². The lowest BCUT2D eigenvalue weighted by atomic mass is 10.2. The van der Waals surface area contributed by atoms with Gasteiger partial charge in [-0.05, 0) is 61.5 Å². The van der Waals surface area contributed by atoms with Gasteiger partial charge in [0.15, 0.2) is 6.61 Å². The van der Waals surface area contributed by atoms with Crippen LogP contribution in [-0.4, -0.2) is 41.3 Å². The molecule has 2 aromatic carbocycles. The molecule has 0 aliphatic carbocycles. The Balaban J connectivity index is 1.35. The van der Waals surface area contributed by atoms with Crippen molar-refractivity contribution in [1.82, 2.24) is 20.6 Å². The van der Waals surface area contributed by atoms with E-state index in [0.29, 0.717) is 27.5 Å². The largest absolute Gasteiger partial charge is 0.497 e. The summed E-state index contributed by atoms with van der Waals surface area (Å²) in [6.07, 6.45) is 0. The molecule has 9 nitrogen and oxygen atoms in total. The van der Waals surface area contributed by atoms with Crippen molar-refractivity contribution in [3.63, 3.8) is 0 Å². The summed E-state index contributed by atoms with van der Waals surface area (Å²) in [5.41, 5.74) is 6.09. The van der Waals surface area contributed by atoms with E-state index in [1.807, 2.05) is 0 Å². The number of rotatable bonds is 6. The maximum absolute atomic E-state index is 13.2. The Labute approximate surface area is 197 Å². The van der Waals surface area contributed by atoms with Crippen LogP contribution < -0.4 is 15.6 Å². The van der Waals surface area contributed by atoms with Crippen LogP contribution in [-0.2, 0) is 9.53 Å². The number of methoxy groups -OCH3 is 1. The number of amides is 2. The number of aryl methyl sites for hydroxylation is 1. The summed E-state index contributed by atoms with van der Waals surface area (Å²) in [4.78, 5) is 37.5. The van der Waals surface area contributed by atoms with Gasteiger partial charge < -0.3 is 9.47 Å². The third kappa shape index (κ3) is 4.89. The van der Waals surface area contributed by atoms with E-state index >= 15 is 0 Å². The highest BCUT2D eigenvalue weighted by Gasteiger charge is 2.19. The minimum atomic E-state index is -0.704. The monoisotopic (exact) mass is 482 g/mol. The Morgan fingerprint density at radius 2 is 1.76 bits per heavy atom. The van der Waals surface area contributed by atoms with Gasteiger partial charge >= 0.3 is 5.97 Å². The van der Waals surface area contributed by atoms with Gasteiger partial charge in [-0.2, -0.15) is 5.10 Å². The predicted octanol–water partition coefficient (Wildman–Crippen LogP) is 3.16. The highest BCUT2D eigenvalue weighted by molar-refractivity contribution is 7.20. The number of fused-ring (bicyclic) bond motifs is 1. The first-order chi connectivity index (χ1) is 16.4. The lowest BCUT2D eigenvalue weighted by Gasteiger charge is -2.08. The molecular formula is C23H19FN4O5S. The summed E-state index contributed by atoms with van der Waals surface area (Å²) in [5, 5.41) is 5.19. The zero-order chi connectivity index (χ0) is 24.2. The summed E-state index contributed by atoms with van der Waals surface area (Å²) < 4.78 is 25.0. The molecule has 2 amide bonds. The Bertz CT molecular complexity index is 1360. The van der Waals surface area contributed by atoms with Crippen LogP contribution in [0.2, 0.25) is 0 Å². The number of esters is 1. The Kier molecular flexibility index (Phi) is 6.55. The molecule has 2 heterocycles. The average Bonchev–Trinajstić information content (AvgIpc) is 3.42. The van der Waals surface area contributed by atoms with E-state index in [0.717, 1.165) is 16.7 Å². The third-order valence-electron chi connectivity index (χ3n) is 4.82. The normalized spacial score (nSPS) is 10.7. The van der Waals surface area contributed by atoms with Gasteiger partial charge in [0.2, 0.25) is 0 Å². The molecule has 0 bridgehead atoms. The number of carbonyl (C=O) groups excluding carboxylic acids is 3. The molecule has 174 valence electrons. The number of aromatic nitrogens is 2. The SMILES string of the molecule is COc1ccc(C(=O)NNC(=O)COC(=O)c2cc3c(C)nn(-c4ccc(F)cc4)c3s2)cc1. The van der Waals surface area contributed by atoms with Crippen LogP contribution in [0.25, 0.3) is 15.9 Å². The molecule has 4 rings (SSSR count). The molecule has 11 heteroatoms. The van der Waals surface area contributed by atoms with Gasteiger partial charge in [0.05, 0.1) is 18.5 Å². The van der Waals surface area contributed by atoms with Crippen LogP contribution in [0.5, 0.6) is 5.75 Å². The number of ether oxygens (including phenoxy) is 2. The number of hydrogen-bond donors (Lipinski definition) is 2. The Morgan fingerprint density at radius 3 is 2.44 bits per heavy atom. The average molecular weight is 482 g/mol. The second-order valence-electron chi connectivity index (χ2n) is 7.11. The fourth-order valence-electron chi connectivity index (χ4n) is 3.08. The van der Waals surface area contributed by atoms with Gasteiger partial charge in [-0.15, -0.1) is 11.3 Å². The molecule has 0 fully saturated rings. The summed E-state index contributed by atoms with van der Waals surface area (Å²) in [5.74, 6) is -1.70. The Hall–Kier alpha value is -4.25. The number of halogens is 1. The first-order valence-electron chi connectivity index (χ1n) is 10.0. The summed E-state index contributed by atoms with van der Waals surface area (Å²) in [6.45, 7) is 1.21. The maximum Gasteiger partial charge on any atom is 0.348 e. The number of thiophene rings is 1. The van der Waals surface area contributed by atoms with Gasteiger partial charge in [0.25, 0.3) is 11.8 Å². The molecular weight excluding hydrogens is 463 g/mol. The second-order valence-corrected chi connectivity index (χ2v) is 8.14. The summed E-state index contributed by atoms with van der Waals surface area (Å²) in [7, 11) is 1.51. The van der Waals surface area contributed by atoms with E-state index in [9.17, 15) is 18.8 Å². The summed E-state index contributed by atoms with van der Waals surface area (Å²) in [6, 6.07) is 13.8. The van der Waals surface area contributed by atoms with Crippen molar-refractivity contribution in [2.24, 2.45) is 0 Å². The fraction of sp³-hybridized carbons (Fsp3) is 0.130. The van der Waals surface area contributed by atoms with Crippen molar-refractivity contribution in [2.45, 2.75) is 6.92 Å². The van der Waals surface area contributed by atoms with E-state index < -0.39 is 24.4 Å². The number of nitrogens with zero attached hydrogens (tertiary/aromatic N) is 2. The van der Waals surface area contributed by atoms with Crippen molar-refractivity contribution < 1.29 is 28.2 Å². The van der Waals surface area contributed by atoms with Crippen molar-refractivity contribution >= 4 is 39.3 Å². The van der Waals surface area contributed by atoms with E-state index in [4.69, 9.17) is 9.47 Å². The second kappa shape index (κ2) is 9.71. The zero-order valence-corrected chi connectivity index (χ0v) is 18.9. The minimum absolute atomic E-state index is 0.279. The molecule has 0 atom stereocenters. The van der Waals surface area contributed by atoms with Gasteiger partial charge in [-0.1, -0.05) is 0 Å². The van der Waals surface area contributed by atoms with Gasteiger partial charge in [0.1, 0.15) is 21.3 Å². The standard InChI is InChI=1S/C23H19FN4O5S/c1-13-18-11-19(34-22(18)28(27-13)16-7-5-15(24)6-8-16)23(31)33-12-20(29)25-26-21(30)14-3-9-17(32-2)10-4-14/h3-11H,12H2,1-2H3,(H,25,29)(H,26,30). The number of carbonyl (C=O) groups is 3. The molecule has 0 spiro atoms. The van der Waals surface area contributed by atoms with E-state index in [-0.39, 0.29) is 10.7 Å². The molecule has 0 aliphatic rings. The van der Waals surface area contributed by atoms with Crippen LogP contribution in [0.1, 0.15) is 25.7 Å². The van der Waals surface area contributed by atoms with Crippen molar-refractivity contribution in [3.8, 4) is 11.4 Å². The molecule has 0 radical (unpaired) electrons. The third-order valence-corrected chi connectivity index (χ3v) is 5.91.